The van der Waals surface area contributed by atoms with Crippen molar-refractivity contribution in [1.29, 1.82) is 0 Å². The van der Waals surface area contributed by atoms with E-state index in [9.17, 15) is 0 Å². The van der Waals surface area contributed by atoms with Crippen LogP contribution in [-0.2, 0) is 11.3 Å². The van der Waals surface area contributed by atoms with Crippen LogP contribution in [0, 0.1) is 0 Å². The van der Waals surface area contributed by atoms with Crippen molar-refractivity contribution < 1.29 is 9.47 Å². The molecule has 0 atom stereocenters. The Labute approximate surface area is 105 Å². The van der Waals surface area contributed by atoms with Gasteiger partial charge in [-0.2, -0.15) is 0 Å². The number of benzene rings is 1. The molecule has 0 fully saturated rings. The lowest BCUT2D eigenvalue weighted by Gasteiger charge is -2.09. The lowest BCUT2D eigenvalue weighted by Crippen LogP contribution is -2.07. The van der Waals surface area contributed by atoms with Crippen LogP contribution in [0.25, 0.3) is 0 Å². The molecular weight excluding hydrogens is 270 g/mol. The summed E-state index contributed by atoms with van der Waals surface area (Å²) in [6, 6.07) is 6.09. The first-order chi connectivity index (χ1) is 7.77. The molecule has 4 heteroatoms. The molecule has 0 unspecified atom stereocenters. The van der Waals surface area contributed by atoms with E-state index in [0.29, 0.717) is 13.2 Å². The molecule has 0 saturated carbocycles. The topological polar surface area (TPSA) is 30.5 Å². The Morgan fingerprint density at radius 2 is 2.12 bits per heavy atom. The van der Waals surface area contributed by atoms with Crippen LogP contribution in [0.1, 0.15) is 12.5 Å². The summed E-state index contributed by atoms with van der Waals surface area (Å²) in [4.78, 5) is 0. The molecule has 0 aliphatic carbocycles. The van der Waals surface area contributed by atoms with Gasteiger partial charge in [-0.3, -0.25) is 0 Å². The number of nitrogens with one attached hydrogen (secondary N) is 1. The molecule has 1 aromatic carbocycles. The number of ether oxygens (including phenoxy) is 2. The molecule has 16 heavy (non-hydrogen) atoms. The van der Waals surface area contributed by atoms with Crippen molar-refractivity contribution in [1.82, 2.24) is 5.32 Å². The van der Waals surface area contributed by atoms with Gasteiger partial charge in [0.1, 0.15) is 12.4 Å². The van der Waals surface area contributed by atoms with Crippen molar-refractivity contribution in [3.63, 3.8) is 0 Å². The third kappa shape index (κ3) is 4.51. The molecule has 1 aromatic rings. The van der Waals surface area contributed by atoms with Crippen LogP contribution in [0.15, 0.2) is 22.7 Å². The highest BCUT2D eigenvalue weighted by atomic mass is 79.9. The average molecular weight is 288 g/mol. The zero-order valence-electron chi connectivity index (χ0n) is 9.75. The lowest BCUT2D eigenvalue weighted by molar-refractivity contribution is 0.110. The molecule has 0 heterocycles. The van der Waals surface area contributed by atoms with Crippen molar-refractivity contribution in [2.24, 2.45) is 0 Å². The SMILES string of the molecule is CCOCCOc1ccc(CNC)cc1Br. The second-order valence-corrected chi connectivity index (χ2v) is 4.19. The maximum atomic E-state index is 5.58. The van der Waals surface area contributed by atoms with E-state index in [2.05, 4.69) is 33.4 Å². The van der Waals surface area contributed by atoms with E-state index < -0.39 is 0 Å². The van der Waals surface area contributed by atoms with Crippen LogP contribution in [0.4, 0.5) is 0 Å². The summed E-state index contributed by atoms with van der Waals surface area (Å²) >= 11 is 3.49. The minimum atomic E-state index is 0.581. The van der Waals surface area contributed by atoms with Gasteiger partial charge in [-0.05, 0) is 47.6 Å². The summed E-state index contributed by atoms with van der Waals surface area (Å²) in [5.41, 5.74) is 1.23. The van der Waals surface area contributed by atoms with Gasteiger partial charge in [0, 0.05) is 13.2 Å². The molecule has 0 bridgehead atoms. The Balaban J connectivity index is 2.47. The monoisotopic (exact) mass is 287 g/mol. The number of hydrogen-bond acceptors (Lipinski definition) is 3. The Morgan fingerprint density at radius 1 is 1.31 bits per heavy atom. The van der Waals surface area contributed by atoms with E-state index in [1.165, 1.54) is 5.56 Å². The van der Waals surface area contributed by atoms with E-state index in [4.69, 9.17) is 9.47 Å². The van der Waals surface area contributed by atoms with Crippen molar-refractivity contribution in [3.8, 4) is 5.75 Å². The molecule has 0 saturated heterocycles. The predicted octanol–water partition coefficient (Wildman–Crippen LogP) is 2.58. The molecule has 3 nitrogen and oxygen atoms in total. The highest BCUT2D eigenvalue weighted by Gasteiger charge is 2.02. The number of hydrogen-bond donors (Lipinski definition) is 1. The summed E-state index contributed by atoms with van der Waals surface area (Å²) in [5.74, 6) is 0.861. The minimum Gasteiger partial charge on any atom is -0.490 e. The molecule has 0 aromatic heterocycles. The van der Waals surface area contributed by atoms with E-state index in [-0.39, 0.29) is 0 Å². The van der Waals surface area contributed by atoms with Gasteiger partial charge in [0.25, 0.3) is 0 Å². The number of rotatable bonds is 7. The molecule has 0 spiro atoms. The highest BCUT2D eigenvalue weighted by Crippen LogP contribution is 2.25. The van der Waals surface area contributed by atoms with Crippen molar-refractivity contribution in [2.45, 2.75) is 13.5 Å². The summed E-state index contributed by atoms with van der Waals surface area (Å²) in [6.45, 7) is 4.77. The van der Waals surface area contributed by atoms with Crippen LogP contribution in [0.2, 0.25) is 0 Å². The molecule has 0 aliphatic heterocycles. The van der Waals surface area contributed by atoms with Gasteiger partial charge in [0.15, 0.2) is 0 Å². The van der Waals surface area contributed by atoms with Gasteiger partial charge >= 0.3 is 0 Å². The minimum absolute atomic E-state index is 0.581. The lowest BCUT2D eigenvalue weighted by atomic mass is 10.2. The van der Waals surface area contributed by atoms with Crippen LogP contribution in [0.3, 0.4) is 0 Å². The smallest absolute Gasteiger partial charge is 0.133 e. The van der Waals surface area contributed by atoms with Crippen LogP contribution in [-0.4, -0.2) is 26.9 Å². The maximum Gasteiger partial charge on any atom is 0.133 e. The van der Waals surface area contributed by atoms with Crippen LogP contribution >= 0.6 is 15.9 Å². The highest BCUT2D eigenvalue weighted by molar-refractivity contribution is 9.10. The third-order valence-corrected chi connectivity index (χ3v) is 2.69. The quantitative estimate of drug-likeness (QED) is 0.782. The molecule has 0 radical (unpaired) electrons. The van der Waals surface area contributed by atoms with Crippen molar-refractivity contribution in [2.75, 3.05) is 26.9 Å². The standard InChI is InChI=1S/C12H18BrNO2/c1-3-15-6-7-16-12-5-4-10(9-14-2)8-11(12)13/h4-5,8,14H,3,6-7,9H2,1-2H3. The van der Waals surface area contributed by atoms with Gasteiger partial charge in [-0.1, -0.05) is 6.07 Å². The van der Waals surface area contributed by atoms with Gasteiger partial charge in [0.2, 0.25) is 0 Å². The first kappa shape index (κ1) is 13.5. The van der Waals surface area contributed by atoms with Gasteiger partial charge in [0.05, 0.1) is 11.1 Å². The van der Waals surface area contributed by atoms with E-state index >= 15 is 0 Å². The molecule has 0 amide bonds. The fraction of sp³-hybridized carbons (Fsp3) is 0.500. The first-order valence-corrected chi connectivity index (χ1v) is 6.20. The van der Waals surface area contributed by atoms with Crippen molar-refractivity contribution in [3.05, 3.63) is 28.2 Å². The fourth-order valence-corrected chi connectivity index (χ4v) is 1.87. The largest absolute Gasteiger partial charge is 0.490 e. The average Bonchev–Trinajstić information content (AvgIpc) is 2.27. The molecule has 1 N–H and O–H groups in total. The summed E-state index contributed by atoms with van der Waals surface area (Å²) in [7, 11) is 1.93. The van der Waals surface area contributed by atoms with Crippen LogP contribution < -0.4 is 10.1 Å². The maximum absolute atomic E-state index is 5.58. The third-order valence-electron chi connectivity index (χ3n) is 2.07. The second kappa shape index (κ2) is 7.65. The first-order valence-electron chi connectivity index (χ1n) is 5.41. The Hall–Kier alpha value is -0.580. The van der Waals surface area contributed by atoms with Crippen LogP contribution in [0.5, 0.6) is 5.75 Å². The molecular formula is C12H18BrNO2. The number of halogens is 1. The predicted molar refractivity (Wildman–Crippen MR) is 68.9 cm³/mol. The Morgan fingerprint density at radius 3 is 2.75 bits per heavy atom. The summed E-state index contributed by atoms with van der Waals surface area (Å²) < 4.78 is 11.8. The van der Waals surface area contributed by atoms with E-state index in [1.807, 2.05) is 20.0 Å². The fourth-order valence-electron chi connectivity index (χ4n) is 1.33. The van der Waals surface area contributed by atoms with E-state index in [1.54, 1.807) is 0 Å². The molecule has 0 aliphatic rings. The van der Waals surface area contributed by atoms with E-state index in [0.717, 1.165) is 23.4 Å². The zero-order chi connectivity index (χ0) is 11.8. The molecule has 90 valence electrons. The second-order valence-electron chi connectivity index (χ2n) is 3.34. The van der Waals surface area contributed by atoms with Gasteiger partial charge in [-0.25, -0.2) is 0 Å². The zero-order valence-corrected chi connectivity index (χ0v) is 11.3. The van der Waals surface area contributed by atoms with Crippen molar-refractivity contribution >= 4 is 15.9 Å². The van der Waals surface area contributed by atoms with Gasteiger partial charge in [-0.15, -0.1) is 0 Å². The van der Waals surface area contributed by atoms with Gasteiger partial charge < -0.3 is 14.8 Å². The molecule has 1 rings (SSSR count). The summed E-state index contributed by atoms with van der Waals surface area (Å²) in [6.07, 6.45) is 0. The normalized spacial score (nSPS) is 10.4. The Kier molecular flexibility index (Phi) is 6.45. The Bertz CT molecular complexity index is 318. The summed E-state index contributed by atoms with van der Waals surface area (Å²) in [5, 5.41) is 3.11.